The monoisotopic (exact) mass is 331 g/mol. The number of hydrogen-bond acceptors (Lipinski definition) is 5. The third kappa shape index (κ3) is 3.90. The van der Waals surface area contributed by atoms with Gasteiger partial charge < -0.3 is 9.84 Å². The molecule has 0 aliphatic rings. The van der Waals surface area contributed by atoms with Crippen molar-refractivity contribution in [2.45, 2.75) is 19.6 Å². The summed E-state index contributed by atoms with van der Waals surface area (Å²) in [5, 5.41) is 5.33. The number of benzene rings is 1. The van der Waals surface area contributed by atoms with Crippen LogP contribution in [0.25, 0.3) is 11.4 Å². The highest BCUT2D eigenvalue weighted by atomic mass is 19.4. The van der Waals surface area contributed by atoms with Crippen LogP contribution >= 0.6 is 0 Å². The maximum atomic E-state index is 13.9. The number of alkyl halides is 3. The van der Waals surface area contributed by atoms with Gasteiger partial charge in [0.05, 0.1) is 0 Å². The Morgan fingerprint density at radius 3 is 2.52 bits per heavy atom. The van der Waals surface area contributed by atoms with Crippen molar-refractivity contribution in [3.05, 3.63) is 35.5 Å². The molecule has 0 fully saturated rings. The first-order valence-electron chi connectivity index (χ1n) is 6.17. The molecule has 1 heterocycles. The molecule has 2 aromatic rings. The Labute approximate surface area is 126 Å². The van der Waals surface area contributed by atoms with Gasteiger partial charge in [0.25, 0.3) is 5.91 Å². The molecule has 0 radical (unpaired) electrons. The summed E-state index contributed by atoms with van der Waals surface area (Å²) >= 11 is 0. The van der Waals surface area contributed by atoms with Crippen LogP contribution in [0.5, 0.6) is 0 Å². The van der Waals surface area contributed by atoms with Crippen molar-refractivity contribution in [1.29, 1.82) is 0 Å². The summed E-state index contributed by atoms with van der Waals surface area (Å²) in [7, 11) is 0. The summed E-state index contributed by atoms with van der Waals surface area (Å²) in [6.07, 6.45) is -4.79. The number of nitrogens with one attached hydrogen (secondary N) is 1. The van der Waals surface area contributed by atoms with Crippen LogP contribution in [0.1, 0.15) is 18.4 Å². The molecule has 0 atom stereocenters. The second kappa shape index (κ2) is 6.15. The quantitative estimate of drug-likeness (QED) is 0.685. The molecule has 0 aliphatic heterocycles. The fourth-order valence-electron chi connectivity index (χ4n) is 1.59. The Morgan fingerprint density at radius 2 is 2.00 bits per heavy atom. The molecule has 1 amide bonds. The summed E-state index contributed by atoms with van der Waals surface area (Å²) < 4.78 is 55.0. The van der Waals surface area contributed by atoms with Gasteiger partial charge in [-0.25, -0.2) is 4.39 Å². The minimum absolute atomic E-state index is 0.0246. The highest BCUT2D eigenvalue weighted by Crippen LogP contribution is 2.29. The van der Waals surface area contributed by atoms with Gasteiger partial charge in [0, 0.05) is 24.6 Å². The third-order valence-electron chi connectivity index (χ3n) is 2.74. The molecule has 1 N–H and O–H groups in total. The molecule has 6 nitrogen and oxygen atoms in total. The number of amides is 1. The lowest BCUT2D eigenvalue weighted by molar-refractivity contribution is -0.159. The fourth-order valence-corrected chi connectivity index (χ4v) is 1.59. The number of aromatic nitrogens is 2. The molecule has 2 rings (SSSR count). The van der Waals surface area contributed by atoms with E-state index >= 15 is 0 Å². The Kier molecular flexibility index (Phi) is 4.43. The van der Waals surface area contributed by atoms with Crippen LogP contribution in [0, 0.1) is 5.82 Å². The van der Waals surface area contributed by atoms with Crippen molar-refractivity contribution in [2.24, 2.45) is 0 Å². The molecular weight excluding hydrogens is 322 g/mol. The predicted octanol–water partition coefficient (Wildman–Crippen LogP) is 2.10. The van der Waals surface area contributed by atoms with E-state index in [1.54, 1.807) is 0 Å². The highest BCUT2D eigenvalue weighted by Gasteiger charge is 2.38. The van der Waals surface area contributed by atoms with Gasteiger partial charge in [0.15, 0.2) is 0 Å². The Morgan fingerprint density at radius 1 is 1.30 bits per heavy atom. The zero-order chi connectivity index (χ0) is 17.2. The van der Waals surface area contributed by atoms with Crippen molar-refractivity contribution < 1.29 is 31.7 Å². The molecule has 0 unspecified atom stereocenters. The Hall–Kier alpha value is -2.78. The number of Topliss-reactive ketones (excluding diaryl/α,β-unsaturated/α-hetero) is 1. The second-order valence-electron chi connectivity index (χ2n) is 4.47. The lowest BCUT2D eigenvalue weighted by Crippen LogP contribution is -2.28. The number of hydrogen-bond donors (Lipinski definition) is 1. The zero-order valence-corrected chi connectivity index (χ0v) is 11.6. The normalized spacial score (nSPS) is 11.3. The maximum absolute atomic E-state index is 13.9. The molecular formula is C13H9F4N3O3. The van der Waals surface area contributed by atoms with Crippen LogP contribution in [0.4, 0.5) is 17.6 Å². The average Bonchev–Trinajstić information content (AvgIpc) is 2.95. The van der Waals surface area contributed by atoms with E-state index in [-0.39, 0.29) is 17.7 Å². The lowest BCUT2D eigenvalue weighted by atomic mass is 10.1. The topological polar surface area (TPSA) is 85.1 Å². The van der Waals surface area contributed by atoms with E-state index in [2.05, 4.69) is 20.0 Å². The zero-order valence-electron chi connectivity index (χ0n) is 11.6. The van der Waals surface area contributed by atoms with Gasteiger partial charge >= 0.3 is 12.1 Å². The van der Waals surface area contributed by atoms with Crippen molar-refractivity contribution in [3.8, 4) is 11.4 Å². The number of carbonyl (C=O) groups excluding carboxylic acids is 2. The van der Waals surface area contributed by atoms with Crippen LogP contribution in [-0.2, 0) is 22.3 Å². The second-order valence-corrected chi connectivity index (χ2v) is 4.47. The summed E-state index contributed by atoms with van der Waals surface area (Å²) in [6, 6.07) is 3.40. The number of rotatable bonds is 4. The molecule has 0 spiro atoms. The minimum atomic E-state index is -4.79. The van der Waals surface area contributed by atoms with Crippen LogP contribution in [0.3, 0.4) is 0 Å². The average molecular weight is 331 g/mol. The molecule has 0 aliphatic carbocycles. The molecule has 10 heteroatoms. The van der Waals surface area contributed by atoms with Crippen LogP contribution < -0.4 is 5.32 Å². The Bertz CT molecular complexity index is 755. The summed E-state index contributed by atoms with van der Waals surface area (Å²) in [5.74, 6) is -4.36. The van der Waals surface area contributed by atoms with Gasteiger partial charge in [0.2, 0.25) is 11.6 Å². The molecule has 0 saturated carbocycles. The first-order chi connectivity index (χ1) is 10.7. The smallest absolute Gasteiger partial charge is 0.345 e. The maximum Gasteiger partial charge on any atom is 0.471 e. The highest BCUT2D eigenvalue weighted by molar-refractivity contribution is 6.35. The van der Waals surface area contributed by atoms with E-state index in [1.807, 2.05) is 0 Å². The van der Waals surface area contributed by atoms with E-state index in [4.69, 9.17) is 0 Å². The lowest BCUT2D eigenvalue weighted by Gasteiger charge is -2.05. The van der Waals surface area contributed by atoms with Gasteiger partial charge in [-0.05, 0) is 6.07 Å². The first-order valence-corrected chi connectivity index (χ1v) is 6.17. The minimum Gasteiger partial charge on any atom is -0.345 e. The van der Waals surface area contributed by atoms with Gasteiger partial charge in [0.1, 0.15) is 5.82 Å². The molecule has 23 heavy (non-hydrogen) atoms. The molecule has 1 aromatic heterocycles. The van der Waals surface area contributed by atoms with Crippen molar-refractivity contribution in [2.75, 3.05) is 0 Å². The van der Waals surface area contributed by atoms with Crippen LogP contribution in [0.2, 0.25) is 0 Å². The number of carbonyl (C=O) groups is 2. The van der Waals surface area contributed by atoms with Crippen LogP contribution in [-0.4, -0.2) is 21.8 Å². The Balaban J connectivity index is 2.17. The largest absolute Gasteiger partial charge is 0.471 e. The van der Waals surface area contributed by atoms with Crippen molar-refractivity contribution >= 4 is 11.7 Å². The third-order valence-corrected chi connectivity index (χ3v) is 2.74. The van der Waals surface area contributed by atoms with Crippen molar-refractivity contribution in [1.82, 2.24) is 15.5 Å². The molecule has 1 aromatic carbocycles. The van der Waals surface area contributed by atoms with E-state index in [1.165, 1.54) is 12.1 Å². The molecule has 122 valence electrons. The van der Waals surface area contributed by atoms with E-state index < -0.39 is 35.4 Å². The summed E-state index contributed by atoms with van der Waals surface area (Å²) in [6.45, 7) is 0.813. The van der Waals surface area contributed by atoms with E-state index in [9.17, 15) is 27.2 Å². The van der Waals surface area contributed by atoms with Gasteiger partial charge in [-0.15, -0.1) is 0 Å². The summed E-state index contributed by atoms with van der Waals surface area (Å²) in [4.78, 5) is 25.0. The number of halogens is 4. The standard InChI is InChI=1S/C13H9F4N3O3/c1-6(21)11(22)18-5-8-3-2-7(4-9(8)14)10-19-12(23-20-10)13(15,16)17/h2-4H,5H2,1H3,(H,18,22). The fraction of sp³-hybridized carbons (Fsp3) is 0.231. The predicted molar refractivity (Wildman–Crippen MR) is 67.2 cm³/mol. The molecule has 0 bridgehead atoms. The van der Waals surface area contributed by atoms with E-state index in [0.29, 0.717) is 0 Å². The van der Waals surface area contributed by atoms with Crippen molar-refractivity contribution in [3.63, 3.8) is 0 Å². The first kappa shape index (κ1) is 16.6. The van der Waals surface area contributed by atoms with E-state index in [0.717, 1.165) is 13.0 Å². The van der Waals surface area contributed by atoms with Gasteiger partial charge in [-0.3, -0.25) is 9.59 Å². The van der Waals surface area contributed by atoms with Crippen LogP contribution in [0.15, 0.2) is 22.7 Å². The number of ketones is 1. The SMILES string of the molecule is CC(=O)C(=O)NCc1ccc(-c2noc(C(F)(F)F)n2)cc1F. The summed E-state index contributed by atoms with van der Waals surface area (Å²) in [5.41, 5.74) is 0.0197. The van der Waals surface area contributed by atoms with Gasteiger partial charge in [-0.2, -0.15) is 18.2 Å². The molecule has 0 saturated heterocycles. The number of nitrogens with zero attached hydrogens (tertiary/aromatic N) is 2. The van der Waals surface area contributed by atoms with Gasteiger partial charge in [-0.1, -0.05) is 17.3 Å².